The maximum Gasteiger partial charge on any atom is 0.407 e. The summed E-state index contributed by atoms with van der Waals surface area (Å²) in [4.78, 5) is 21.1. The molecule has 0 unspecified atom stereocenters. The second kappa shape index (κ2) is 9.77. The van der Waals surface area contributed by atoms with Gasteiger partial charge in [0, 0.05) is 19.3 Å². The Kier molecular flexibility index (Phi) is 6.64. The largest absolute Gasteiger partial charge is 0.473 e. The topological polar surface area (TPSA) is 111 Å². The highest BCUT2D eigenvalue weighted by atomic mass is 19.1. The number of pyridine rings is 1. The zero-order chi connectivity index (χ0) is 22.5. The van der Waals surface area contributed by atoms with Crippen LogP contribution in [0.4, 0.5) is 9.18 Å². The number of hydrogen-bond acceptors (Lipinski definition) is 7. The summed E-state index contributed by atoms with van der Waals surface area (Å²) in [6.07, 6.45) is 3.00. The van der Waals surface area contributed by atoms with Crippen molar-refractivity contribution < 1.29 is 28.5 Å². The van der Waals surface area contributed by atoms with Crippen molar-refractivity contribution in [2.24, 2.45) is 0 Å². The molecule has 170 valence electrons. The molecule has 4 rings (SSSR count). The van der Waals surface area contributed by atoms with Gasteiger partial charge in [0.2, 0.25) is 5.82 Å². The summed E-state index contributed by atoms with van der Waals surface area (Å²) in [5.41, 5.74) is 1.32. The third-order valence-electron chi connectivity index (χ3n) is 5.06. The first-order valence-corrected chi connectivity index (χ1v) is 10.4. The fraction of sp³-hybridized carbons (Fsp3) is 0.429. The molecule has 3 aromatic heterocycles. The van der Waals surface area contributed by atoms with Crippen molar-refractivity contribution in [2.75, 3.05) is 32.9 Å². The Balaban J connectivity index is 1.66. The minimum Gasteiger partial charge on any atom is -0.473 e. The van der Waals surface area contributed by atoms with E-state index in [1.54, 1.807) is 16.9 Å². The summed E-state index contributed by atoms with van der Waals surface area (Å²) < 4.78 is 33.4. The Labute approximate surface area is 183 Å². The smallest absolute Gasteiger partial charge is 0.407 e. The molecule has 0 bridgehead atoms. The normalized spacial score (nSPS) is 16.3. The molecule has 0 saturated carbocycles. The maximum atomic E-state index is 15.2. The van der Waals surface area contributed by atoms with Gasteiger partial charge in [-0.3, -0.25) is 0 Å². The maximum absolute atomic E-state index is 15.2. The summed E-state index contributed by atoms with van der Waals surface area (Å²) in [6, 6.07) is 5.53. The Bertz CT molecular complexity index is 1090. The third kappa shape index (κ3) is 4.72. The number of nitrogens with zero attached hydrogens (tertiary/aromatic N) is 5. The fourth-order valence-corrected chi connectivity index (χ4v) is 3.52. The lowest BCUT2D eigenvalue weighted by molar-refractivity contribution is 0.0729. The van der Waals surface area contributed by atoms with Crippen LogP contribution < -0.4 is 9.47 Å². The van der Waals surface area contributed by atoms with Gasteiger partial charge in [0.15, 0.2) is 5.82 Å². The van der Waals surface area contributed by atoms with Gasteiger partial charge in [-0.1, -0.05) is 6.07 Å². The average molecular weight is 445 g/mol. The van der Waals surface area contributed by atoms with Crippen LogP contribution in [0.5, 0.6) is 11.8 Å². The Morgan fingerprint density at radius 1 is 1.28 bits per heavy atom. The van der Waals surface area contributed by atoms with Crippen molar-refractivity contribution in [2.45, 2.75) is 25.9 Å². The first-order chi connectivity index (χ1) is 15.6. The van der Waals surface area contributed by atoms with Gasteiger partial charge < -0.3 is 24.2 Å². The van der Waals surface area contributed by atoms with E-state index < -0.39 is 18.0 Å². The van der Waals surface area contributed by atoms with Crippen molar-refractivity contribution in [1.29, 1.82) is 0 Å². The predicted molar refractivity (Wildman–Crippen MR) is 111 cm³/mol. The molecule has 1 atom stereocenters. The molecule has 32 heavy (non-hydrogen) atoms. The van der Waals surface area contributed by atoms with Gasteiger partial charge in [0.05, 0.1) is 30.4 Å². The van der Waals surface area contributed by atoms with Crippen LogP contribution in [0.2, 0.25) is 0 Å². The third-order valence-corrected chi connectivity index (χ3v) is 5.06. The molecule has 0 spiro atoms. The lowest BCUT2D eigenvalue weighted by Gasteiger charge is -2.30. The number of carbonyl (C=O) groups is 1. The monoisotopic (exact) mass is 445 g/mol. The van der Waals surface area contributed by atoms with Crippen LogP contribution >= 0.6 is 0 Å². The highest BCUT2D eigenvalue weighted by Crippen LogP contribution is 2.31. The van der Waals surface area contributed by atoms with Gasteiger partial charge in [0.1, 0.15) is 12.7 Å². The van der Waals surface area contributed by atoms with E-state index in [2.05, 4.69) is 15.1 Å². The van der Waals surface area contributed by atoms with Crippen molar-refractivity contribution in [1.82, 2.24) is 24.5 Å². The second-order valence-electron chi connectivity index (χ2n) is 7.22. The van der Waals surface area contributed by atoms with Crippen molar-refractivity contribution >= 4 is 11.6 Å². The van der Waals surface area contributed by atoms with Gasteiger partial charge in [0.25, 0.3) is 11.8 Å². The van der Waals surface area contributed by atoms with E-state index in [0.29, 0.717) is 31.6 Å². The lowest BCUT2D eigenvalue weighted by Crippen LogP contribution is -2.43. The number of aromatic nitrogens is 4. The van der Waals surface area contributed by atoms with E-state index >= 15 is 4.39 Å². The van der Waals surface area contributed by atoms with Crippen LogP contribution in [0, 0.1) is 5.82 Å². The zero-order valence-electron chi connectivity index (χ0n) is 17.6. The van der Waals surface area contributed by atoms with E-state index in [0.717, 1.165) is 5.52 Å². The van der Waals surface area contributed by atoms with Gasteiger partial charge >= 0.3 is 6.09 Å². The number of likely N-dealkylation sites (tertiary alicyclic amines) is 1. The van der Waals surface area contributed by atoms with Crippen LogP contribution in [0.25, 0.3) is 16.9 Å². The number of ether oxygens (including phenoxy) is 3. The Hall–Kier alpha value is -3.47. The summed E-state index contributed by atoms with van der Waals surface area (Å²) in [7, 11) is 0. The molecule has 4 heterocycles. The summed E-state index contributed by atoms with van der Waals surface area (Å²) >= 11 is 0. The molecule has 10 nitrogen and oxygen atoms in total. The van der Waals surface area contributed by atoms with Crippen LogP contribution in [-0.4, -0.2) is 74.7 Å². The number of hydrogen-bond donors (Lipinski definition) is 1. The van der Waals surface area contributed by atoms with E-state index in [4.69, 9.17) is 14.2 Å². The molecule has 0 radical (unpaired) electrons. The van der Waals surface area contributed by atoms with Crippen molar-refractivity contribution in [3.05, 3.63) is 36.4 Å². The molecule has 1 N–H and O–H groups in total. The van der Waals surface area contributed by atoms with E-state index in [-0.39, 0.29) is 37.3 Å². The van der Waals surface area contributed by atoms with Crippen LogP contribution in [-0.2, 0) is 4.74 Å². The lowest BCUT2D eigenvalue weighted by atomic mass is 10.1. The van der Waals surface area contributed by atoms with E-state index in [1.165, 1.54) is 4.90 Å². The molecule has 0 aromatic carbocycles. The second-order valence-corrected chi connectivity index (χ2v) is 7.22. The van der Waals surface area contributed by atoms with Gasteiger partial charge in [-0.15, -0.1) is 0 Å². The van der Waals surface area contributed by atoms with Crippen molar-refractivity contribution in [3.63, 3.8) is 0 Å². The van der Waals surface area contributed by atoms with Gasteiger partial charge in [-0.2, -0.15) is 19.5 Å². The SMILES string of the molecule is CCOCCOc1nc(-c2cnn3ccccc23)nc(O[C@@H]2CCCN(C(=O)O)C2)c1F. The molecule has 3 aromatic rings. The number of halogens is 1. The number of rotatable bonds is 8. The van der Waals surface area contributed by atoms with Gasteiger partial charge in [-0.25, -0.2) is 9.31 Å². The Morgan fingerprint density at radius 3 is 2.94 bits per heavy atom. The molecule has 11 heteroatoms. The van der Waals surface area contributed by atoms with Crippen LogP contribution in [0.15, 0.2) is 30.6 Å². The van der Waals surface area contributed by atoms with E-state index in [1.807, 2.05) is 25.1 Å². The predicted octanol–water partition coefficient (Wildman–Crippen LogP) is 2.87. The van der Waals surface area contributed by atoms with Crippen LogP contribution in [0.3, 0.4) is 0 Å². The Morgan fingerprint density at radius 2 is 2.12 bits per heavy atom. The standard InChI is InChI=1S/C21H24FN5O5/c1-2-30-10-11-31-19-17(22)20(32-14-6-5-8-26(13-14)21(28)29)25-18(24-19)15-12-23-27-9-4-3-7-16(15)27/h3-4,7,9,12,14H,2,5-6,8,10-11,13H2,1H3,(H,28,29)/t14-/m1/s1. The number of amides is 1. The first kappa shape index (κ1) is 21.8. The van der Waals surface area contributed by atoms with Crippen LogP contribution in [0.1, 0.15) is 19.8 Å². The fourth-order valence-electron chi connectivity index (χ4n) is 3.52. The summed E-state index contributed by atoms with van der Waals surface area (Å²) in [6.45, 7) is 3.29. The molecule has 1 amide bonds. The van der Waals surface area contributed by atoms with Gasteiger partial charge in [-0.05, 0) is 31.9 Å². The first-order valence-electron chi connectivity index (χ1n) is 10.4. The molecule has 1 aliphatic heterocycles. The summed E-state index contributed by atoms with van der Waals surface area (Å²) in [5.74, 6) is -1.19. The quantitative estimate of drug-likeness (QED) is 0.527. The number of carboxylic acid groups (broad SMARTS) is 1. The number of fused-ring (bicyclic) bond motifs is 1. The minimum atomic E-state index is -1.03. The molecular formula is C21H24FN5O5. The number of piperidine rings is 1. The molecule has 1 fully saturated rings. The highest BCUT2D eigenvalue weighted by molar-refractivity contribution is 5.75. The molecule has 1 saturated heterocycles. The molecule has 1 aliphatic rings. The summed E-state index contributed by atoms with van der Waals surface area (Å²) in [5, 5.41) is 13.5. The average Bonchev–Trinajstić information content (AvgIpc) is 3.23. The van der Waals surface area contributed by atoms with E-state index in [9.17, 15) is 9.90 Å². The van der Waals surface area contributed by atoms with Crippen molar-refractivity contribution in [3.8, 4) is 23.1 Å². The molecule has 0 aliphatic carbocycles. The molecular weight excluding hydrogens is 421 g/mol. The minimum absolute atomic E-state index is 0.103. The zero-order valence-corrected chi connectivity index (χ0v) is 17.6. The highest BCUT2D eigenvalue weighted by Gasteiger charge is 2.28.